The highest BCUT2D eigenvalue weighted by Gasteiger charge is 2.19. The van der Waals surface area contributed by atoms with E-state index in [9.17, 15) is 0 Å². The Labute approximate surface area is 165 Å². The van der Waals surface area contributed by atoms with Gasteiger partial charge in [0.1, 0.15) is 0 Å². The van der Waals surface area contributed by atoms with Crippen LogP contribution < -0.4 is 4.90 Å². The van der Waals surface area contributed by atoms with Gasteiger partial charge in [-0.1, -0.05) is 42.5 Å². The van der Waals surface area contributed by atoms with Crippen molar-refractivity contribution < 1.29 is 5.11 Å². The lowest BCUT2D eigenvalue weighted by atomic mass is 10.1. The first kappa shape index (κ1) is 18.2. The molecule has 1 fully saturated rings. The maximum absolute atomic E-state index is 9.01. The lowest BCUT2D eigenvalue weighted by Gasteiger charge is -2.36. The van der Waals surface area contributed by atoms with Crippen molar-refractivity contribution in [3.63, 3.8) is 0 Å². The van der Waals surface area contributed by atoms with Crippen LogP contribution in [0.15, 0.2) is 60.7 Å². The number of thiophene rings is 1. The molecule has 0 unspecified atom stereocenters. The van der Waals surface area contributed by atoms with E-state index in [-0.39, 0.29) is 6.61 Å². The SMILES string of the molecule is OC/C=C/c1cc2c(N3CCN(CCc4ccccc4)CC3)cccc2s1. The molecule has 1 N–H and O–H groups in total. The summed E-state index contributed by atoms with van der Waals surface area (Å²) >= 11 is 1.79. The summed E-state index contributed by atoms with van der Waals surface area (Å²) in [5, 5.41) is 10.3. The van der Waals surface area contributed by atoms with Gasteiger partial charge in [0.05, 0.1) is 6.61 Å². The van der Waals surface area contributed by atoms with Gasteiger partial charge in [-0.3, -0.25) is 4.90 Å². The standard InChI is InChI=1S/C23H26N2OS/c26-17-5-8-20-18-21-22(9-4-10-23(21)27-20)25-15-13-24(14-16-25)12-11-19-6-2-1-3-7-19/h1-10,18,26H,11-17H2/b8-5+. The van der Waals surface area contributed by atoms with Crippen LogP contribution in [0.1, 0.15) is 10.4 Å². The predicted molar refractivity (Wildman–Crippen MR) is 117 cm³/mol. The number of hydrogen-bond acceptors (Lipinski definition) is 4. The maximum atomic E-state index is 9.01. The fourth-order valence-corrected chi connectivity index (χ4v) is 4.75. The molecule has 0 amide bonds. The van der Waals surface area contributed by atoms with Crippen LogP contribution in [0.3, 0.4) is 0 Å². The van der Waals surface area contributed by atoms with E-state index >= 15 is 0 Å². The van der Waals surface area contributed by atoms with Crippen LogP contribution >= 0.6 is 11.3 Å². The number of hydrogen-bond donors (Lipinski definition) is 1. The minimum Gasteiger partial charge on any atom is -0.392 e. The molecule has 0 aliphatic carbocycles. The first-order valence-electron chi connectivity index (χ1n) is 9.65. The van der Waals surface area contributed by atoms with Crippen molar-refractivity contribution >= 4 is 33.2 Å². The van der Waals surface area contributed by atoms with Crippen LogP contribution in [0, 0.1) is 0 Å². The van der Waals surface area contributed by atoms with Gasteiger partial charge in [0.15, 0.2) is 0 Å². The lowest BCUT2D eigenvalue weighted by molar-refractivity contribution is 0.261. The molecular weight excluding hydrogens is 352 g/mol. The normalized spacial score (nSPS) is 15.8. The number of nitrogens with zero attached hydrogens (tertiary/aromatic N) is 2. The largest absolute Gasteiger partial charge is 0.392 e. The van der Waals surface area contributed by atoms with Crippen LogP contribution in [0.25, 0.3) is 16.2 Å². The molecule has 2 aromatic carbocycles. The highest BCUT2D eigenvalue weighted by molar-refractivity contribution is 7.19. The first-order chi connectivity index (χ1) is 13.3. The number of aliphatic hydroxyl groups is 1. The Balaban J connectivity index is 1.40. The van der Waals surface area contributed by atoms with Crippen molar-refractivity contribution in [2.24, 2.45) is 0 Å². The zero-order valence-electron chi connectivity index (χ0n) is 15.6. The third-order valence-electron chi connectivity index (χ3n) is 5.22. The molecule has 0 spiro atoms. The summed E-state index contributed by atoms with van der Waals surface area (Å²) in [5.74, 6) is 0. The molecular formula is C23H26N2OS. The predicted octanol–water partition coefficient (Wildman–Crippen LogP) is 4.27. The average Bonchev–Trinajstić information content (AvgIpc) is 3.15. The molecule has 140 valence electrons. The second kappa shape index (κ2) is 8.70. The summed E-state index contributed by atoms with van der Waals surface area (Å²) in [5.41, 5.74) is 2.77. The molecule has 2 heterocycles. The number of piperazine rings is 1. The molecule has 1 saturated heterocycles. The number of aliphatic hydroxyl groups excluding tert-OH is 1. The summed E-state index contributed by atoms with van der Waals surface area (Å²) in [6.07, 6.45) is 4.94. The summed E-state index contributed by atoms with van der Waals surface area (Å²) < 4.78 is 1.32. The van der Waals surface area contributed by atoms with Crippen molar-refractivity contribution in [1.29, 1.82) is 0 Å². The number of benzene rings is 2. The van der Waals surface area contributed by atoms with E-state index in [4.69, 9.17) is 5.11 Å². The van der Waals surface area contributed by atoms with E-state index in [1.54, 1.807) is 17.4 Å². The van der Waals surface area contributed by atoms with Crippen molar-refractivity contribution in [3.05, 3.63) is 71.1 Å². The molecule has 0 atom stereocenters. The summed E-state index contributed by atoms with van der Waals surface area (Å²) in [6, 6.07) is 19.6. The summed E-state index contributed by atoms with van der Waals surface area (Å²) in [4.78, 5) is 6.30. The van der Waals surface area contributed by atoms with E-state index in [0.717, 1.165) is 39.1 Å². The van der Waals surface area contributed by atoms with Crippen LogP contribution in [0.2, 0.25) is 0 Å². The van der Waals surface area contributed by atoms with E-state index in [0.29, 0.717) is 0 Å². The molecule has 1 aliphatic rings. The van der Waals surface area contributed by atoms with Gasteiger partial charge in [-0.2, -0.15) is 0 Å². The Morgan fingerprint density at radius 2 is 1.78 bits per heavy atom. The number of rotatable bonds is 6. The molecule has 0 bridgehead atoms. The zero-order chi connectivity index (χ0) is 18.5. The third kappa shape index (κ3) is 4.41. The summed E-state index contributed by atoms with van der Waals surface area (Å²) in [6.45, 7) is 5.61. The topological polar surface area (TPSA) is 26.7 Å². The van der Waals surface area contributed by atoms with Crippen molar-refractivity contribution in [2.75, 3.05) is 44.2 Å². The quantitative estimate of drug-likeness (QED) is 0.694. The van der Waals surface area contributed by atoms with Crippen molar-refractivity contribution in [2.45, 2.75) is 6.42 Å². The minimum atomic E-state index is 0.0893. The zero-order valence-corrected chi connectivity index (χ0v) is 16.4. The van der Waals surface area contributed by atoms with Gasteiger partial charge in [-0.15, -0.1) is 11.3 Å². The molecule has 1 aliphatic heterocycles. The second-order valence-electron chi connectivity index (χ2n) is 6.99. The molecule has 3 aromatic rings. The monoisotopic (exact) mass is 378 g/mol. The third-order valence-corrected chi connectivity index (χ3v) is 6.28. The first-order valence-corrected chi connectivity index (χ1v) is 10.5. The highest BCUT2D eigenvalue weighted by Crippen LogP contribution is 2.34. The van der Waals surface area contributed by atoms with E-state index < -0.39 is 0 Å². The highest BCUT2D eigenvalue weighted by atomic mass is 32.1. The average molecular weight is 379 g/mol. The van der Waals surface area contributed by atoms with Gasteiger partial charge in [0, 0.05) is 53.4 Å². The molecule has 0 radical (unpaired) electrons. The van der Waals surface area contributed by atoms with Gasteiger partial charge in [0.25, 0.3) is 0 Å². The van der Waals surface area contributed by atoms with Crippen LogP contribution in [0.5, 0.6) is 0 Å². The van der Waals surface area contributed by atoms with Gasteiger partial charge < -0.3 is 10.0 Å². The van der Waals surface area contributed by atoms with Crippen molar-refractivity contribution in [1.82, 2.24) is 4.90 Å². The smallest absolute Gasteiger partial charge is 0.0615 e. The Hall–Kier alpha value is -2.14. The van der Waals surface area contributed by atoms with Gasteiger partial charge in [-0.25, -0.2) is 0 Å². The number of fused-ring (bicyclic) bond motifs is 1. The Morgan fingerprint density at radius 3 is 2.56 bits per heavy atom. The molecule has 3 nitrogen and oxygen atoms in total. The fourth-order valence-electron chi connectivity index (χ4n) is 3.74. The van der Waals surface area contributed by atoms with Crippen molar-refractivity contribution in [3.8, 4) is 0 Å². The van der Waals surface area contributed by atoms with Gasteiger partial charge >= 0.3 is 0 Å². The molecule has 4 heteroatoms. The number of anilines is 1. The van der Waals surface area contributed by atoms with Crippen LogP contribution in [-0.2, 0) is 6.42 Å². The van der Waals surface area contributed by atoms with Crippen LogP contribution in [-0.4, -0.2) is 49.3 Å². The fraction of sp³-hybridized carbons (Fsp3) is 0.304. The van der Waals surface area contributed by atoms with E-state index in [2.05, 4.69) is 64.4 Å². The Bertz CT molecular complexity index is 895. The molecule has 1 aromatic heterocycles. The maximum Gasteiger partial charge on any atom is 0.0615 e. The van der Waals surface area contributed by atoms with Crippen LogP contribution in [0.4, 0.5) is 5.69 Å². The second-order valence-corrected chi connectivity index (χ2v) is 8.10. The van der Waals surface area contributed by atoms with Gasteiger partial charge in [-0.05, 0) is 36.3 Å². The summed E-state index contributed by atoms with van der Waals surface area (Å²) in [7, 11) is 0. The Kier molecular flexibility index (Phi) is 5.87. The van der Waals surface area contributed by atoms with Gasteiger partial charge in [0.2, 0.25) is 0 Å². The van der Waals surface area contributed by atoms with E-state index in [1.807, 2.05) is 6.08 Å². The minimum absolute atomic E-state index is 0.0893. The Morgan fingerprint density at radius 1 is 0.963 bits per heavy atom. The molecule has 4 rings (SSSR count). The molecule has 27 heavy (non-hydrogen) atoms. The lowest BCUT2D eigenvalue weighted by Crippen LogP contribution is -2.47. The molecule has 0 saturated carbocycles. The van der Waals surface area contributed by atoms with E-state index in [1.165, 1.54) is 26.2 Å².